The summed E-state index contributed by atoms with van der Waals surface area (Å²) in [5.41, 5.74) is 0.831. The molecule has 1 aromatic rings. The maximum Gasteiger partial charge on any atom is 0.416 e. The third-order valence-electron chi connectivity index (χ3n) is 6.06. The van der Waals surface area contributed by atoms with E-state index in [0.717, 1.165) is 30.6 Å². The summed E-state index contributed by atoms with van der Waals surface area (Å²) < 4.78 is 30.8. The lowest BCUT2D eigenvalue weighted by Crippen LogP contribution is -2.44. The molecule has 9 nitrogen and oxygen atoms in total. The maximum absolute atomic E-state index is 14.8. The van der Waals surface area contributed by atoms with Crippen molar-refractivity contribution in [3.05, 3.63) is 24.0 Å². The van der Waals surface area contributed by atoms with Gasteiger partial charge in [-0.3, -0.25) is 9.69 Å². The van der Waals surface area contributed by atoms with Gasteiger partial charge in [0.2, 0.25) is 5.91 Å². The average Bonchev–Trinajstić information content (AvgIpc) is 3.71. The Balaban J connectivity index is 1.26. The van der Waals surface area contributed by atoms with Gasteiger partial charge in [-0.05, 0) is 43.9 Å². The molecule has 5 rings (SSSR count). The number of carbonyl (C=O) groups excluding carboxylic acids is 3. The number of amides is 3. The second-order valence-corrected chi connectivity index (χ2v) is 8.66. The largest absolute Gasteiger partial charge is 0.446 e. The van der Waals surface area contributed by atoms with Gasteiger partial charge < -0.3 is 19.1 Å². The molecular formula is C22H26FN3O6. The number of halogens is 1. The Labute approximate surface area is 185 Å². The Morgan fingerprint density at radius 2 is 1.91 bits per heavy atom. The van der Waals surface area contributed by atoms with Gasteiger partial charge in [0.15, 0.2) is 0 Å². The first-order chi connectivity index (χ1) is 15.5. The van der Waals surface area contributed by atoms with Gasteiger partial charge in [0.05, 0.1) is 37.7 Å². The molecule has 2 saturated heterocycles. The van der Waals surface area contributed by atoms with E-state index in [2.05, 4.69) is 0 Å². The van der Waals surface area contributed by atoms with Crippen molar-refractivity contribution in [2.24, 2.45) is 5.92 Å². The van der Waals surface area contributed by atoms with Crippen LogP contribution < -0.4 is 9.80 Å². The van der Waals surface area contributed by atoms with Crippen LogP contribution >= 0.6 is 0 Å². The van der Waals surface area contributed by atoms with Crippen LogP contribution in [-0.4, -0.2) is 74.6 Å². The summed E-state index contributed by atoms with van der Waals surface area (Å²) in [5.74, 6) is -0.887. The lowest BCUT2D eigenvalue weighted by atomic mass is 10.2. The molecule has 3 amide bonds. The van der Waals surface area contributed by atoms with E-state index in [0.29, 0.717) is 37.7 Å². The molecule has 0 spiro atoms. The van der Waals surface area contributed by atoms with Crippen molar-refractivity contribution in [3.8, 4) is 0 Å². The highest BCUT2D eigenvalue weighted by Gasteiger charge is 2.42. The normalized spacial score (nSPS) is 23.2. The molecule has 0 unspecified atom stereocenters. The molecule has 172 valence electrons. The van der Waals surface area contributed by atoms with Gasteiger partial charge in [0, 0.05) is 19.0 Å². The summed E-state index contributed by atoms with van der Waals surface area (Å²) in [5, 5.41) is 0. The van der Waals surface area contributed by atoms with Crippen LogP contribution in [0.4, 0.5) is 25.4 Å². The van der Waals surface area contributed by atoms with Gasteiger partial charge in [0.1, 0.15) is 18.0 Å². The summed E-state index contributed by atoms with van der Waals surface area (Å²) in [6.45, 7) is 2.33. The Kier molecular flexibility index (Phi) is 5.62. The lowest BCUT2D eigenvalue weighted by molar-refractivity contribution is -0.131. The van der Waals surface area contributed by atoms with Gasteiger partial charge in [-0.2, -0.15) is 0 Å². The van der Waals surface area contributed by atoms with Gasteiger partial charge in [-0.15, -0.1) is 0 Å². The number of imide groups is 1. The first-order valence-corrected chi connectivity index (χ1v) is 11.1. The molecule has 0 N–H and O–H groups in total. The second kappa shape index (κ2) is 8.57. The van der Waals surface area contributed by atoms with Gasteiger partial charge in [0.25, 0.3) is 0 Å². The zero-order valence-corrected chi connectivity index (χ0v) is 17.7. The van der Waals surface area contributed by atoms with E-state index in [9.17, 15) is 18.8 Å². The number of hydrogen-bond donors (Lipinski definition) is 0. The summed E-state index contributed by atoms with van der Waals surface area (Å²) in [7, 11) is 0. The second-order valence-electron chi connectivity index (χ2n) is 8.66. The predicted octanol–water partition coefficient (Wildman–Crippen LogP) is 2.53. The topological polar surface area (TPSA) is 88.6 Å². The van der Waals surface area contributed by atoms with E-state index >= 15 is 0 Å². The van der Waals surface area contributed by atoms with Crippen molar-refractivity contribution in [3.63, 3.8) is 0 Å². The number of ether oxygens (including phenoxy) is 3. The van der Waals surface area contributed by atoms with Crippen LogP contribution in [0.3, 0.4) is 0 Å². The third kappa shape index (κ3) is 4.50. The van der Waals surface area contributed by atoms with Crippen LogP contribution in [0.5, 0.6) is 0 Å². The van der Waals surface area contributed by atoms with Gasteiger partial charge in [-0.25, -0.2) is 18.9 Å². The van der Waals surface area contributed by atoms with Crippen molar-refractivity contribution in [1.29, 1.82) is 0 Å². The summed E-state index contributed by atoms with van der Waals surface area (Å²) in [6.07, 6.45) is 0.939. The SMILES string of the molecule is O=C(OC1CC1)N(C[C@H]1CN(c2ccc(N3CCOCC3)c(F)c2)C(=O)O1)C(=O)C1CC1. The molecule has 10 heteroatoms. The molecule has 0 radical (unpaired) electrons. The average molecular weight is 447 g/mol. The fourth-order valence-corrected chi connectivity index (χ4v) is 3.95. The minimum atomic E-state index is -0.709. The molecule has 2 aliphatic heterocycles. The van der Waals surface area contributed by atoms with Gasteiger partial charge in [-0.1, -0.05) is 0 Å². The van der Waals surface area contributed by atoms with Crippen molar-refractivity contribution in [1.82, 2.24) is 4.90 Å². The monoisotopic (exact) mass is 447 g/mol. The fraction of sp³-hybridized carbons (Fsp3) is 0.591. The standard InChI is InChI=1S/C22H26FN3O6/c23-18-11-15(3-6-19(18)24-7-9-30-10-8-24)25-12-17(32-21(25)28)13-26(20(27)14-1-2-14)22(29)31-16-4-5-16/h3,6,11,14,16-17H,1-2,4-5,7-10,12-13H2/t17-/m1/s1. The van der Waals surface area contributed by atoms with Crippen LogP contribution in [0.2, 0.25) is 0 Å². The molecule has 4 aliphatic rings. The Bertz CT molecular complexity index is 913. The highest BCUT2D eigenvalue weighted by Crippen LogP contribution is 2.33. The first-order valence-electron chi connectivity index (χ1n) is 11.1. The number of carbonyl (C=O) groups is 3. The van der Waals surface area contributed by atoms with E-state index in [4.69, 9.17) is 14.2 Å². The zero-order chi connectivity index (χ0) is 22.2. The Morgan fingerprint density at radius 3 is 2.56 bits per heavy atom. The van der Waals surface area contributed by atoms with E-state index in [-0.39, 0.29) is 31.0 Å². The highest BCUT2D eigenvalue weighted by atomic mass is 19.1. The van der Waals surface area contributed by atoms with Crippen LogP contribution in [0.25, 0.3) is 0 Å². The maximum atomic E-state index is 14.8. The van der Waals surface area contributed by atoms with Crippen LogP contribution in [-0.2, 0) is 19.0 Å². The van der Waals surface area contributed by atoms with E-state index in [1.807, 2.05) is 4.90 Å². The first kappa shape index (κ1) is 21.0. The summed E-state index contributed by atoms with van der Waals surface area (Å²) >= 11 is 0. The minimum absolute atomic E-state index is 0.0720. The number of hydrogen-bond acceptors (Lipinski definition) is 7. The molecule has 0 aromatic heterocycles. The lowest BCUT2D eigenvalue weighted by Gasteiger charge is -2.29. The van der Waals surface area contributed by atoms with Crippen molar-refractivity contribution in [2.45, 2.75) is 37.9 Å². The van der Waals surface area contributed by atoms with E-state index in [1.165, 1.54) is 11.0 Å². The molecule has 1 atom stereocenters. The minimum Gasteiger partial charge on any atom is -0.446 e. The Morgan fingerprint density at radius 1 is 1.16 bits per heavy atom. The number of cyclic esters (lactones) is 1. The van der Waals surface area contributed by atoms with Crippen LogP contribution in [0.15, 0.2) is 18.2 Å². The molecule has 2 aliphatic carbocycles. The molecular weight excluding hydrogens is 421 g/mol. The Hall–Kier alpha value is -2.88. The van der Waals surface area contributed by atoms with E-state index in [1.54, 1.807) is 12.1 Å². The zero-order valence-electron chi connectivity index (χ0n) is 17.7. The van der Waals surface area contributed by atoms with E-state index < -0.39 is 24.1 Å². The number of nitrogens with zero attached hydrogens (tertiary/aromatic N) is 3. The number of benzene rings is 1. The molecule has 4 fully saturated rings. The number of morpholine rings is 1. The summed E-state index contributed by atoms with van der Waals surface area (Å²) in [4.78, 5) is 41.9. The molecule has 0 bridgehead atoms. The van der Waals surface area contributed by atoms with Gasteiger partial charge >= 0.3 is 12.2 Å². The fourth-order valence-electron chi connectivity index (χ4n) is 3.95. The van der Waals surface area contributed by atoms with Crippen LogP contribution in [0.1, 0.15) is 25.7 Å². The van der Waals surface area contributed by atoms with Crippen molar-refractivity contribution in [2.75, 3.05) is 49.2 Å². The predicted molar refractivity (Wildman–Crippen MR) is 111 cm³/mol. The quantitative estimate of drug-likeness (QED) is 0.662. The molecule has 2 heterocycles. The molecule has 32 heavy (non-hydrogen) atoms. The number of rotatable bonds is 6. The van der Waals surface area contributed by atoms with Crippen molar-refractivity contribution >= 4 is 29.5 Å². The smallest absolute Gasteiger partial charge is 0.416 e. The number of anilines is 2. The van der Waals surface area contributed by atoms with Crippen molar-refractivity contribution < 1.29 is 33.0 Å². The molecule has 2 saturated carbocycles. The van der Waals surface area contributed by atoms with Crippen LogP contribution in [0, 0.1) is 11.7 Å². The highest BCUT2D eigenvalue weighted by molar-refractivity contribution is 5.95. The summed E-state index contributed by atoms with van der Waals surface area (Å²) in [6, 6.07) is 4.63. The molecule has 1 aromatic carbocycles. The third-order valence-corrected chi connectivity index (χ3v) is 6.06.